The summed E-state index contributed by atoms with van der Waals surface area (Å²) in [5.74, 6) is 0.880. The van der Waals surface area contributed by atoms with Crippen LogP contribution < -0.4 is 25.4 Å². The Bertz CT molecular complexity index is 1020. The molecule has 0 bridgehead atoms. The number of amides is 3. The summed E-state index contributed by atoms with van der Waals surface area (Å²) >= 11 is 1.34. The van der Waals surface area contributed by atoms with Crippen molar-refractivity contribution < 1.29 is 19.1 Å². The number of fused-ring (bicyclic) bond motifs is 2. The second-order valence-electron chi connectivity index (χ2n) is 7.16. The summed E-state index contributed by atoms with van der Waals surface area (Å²) in [6.07, 6.45) is 0. The molecule has 156 valence electrons. The molecule has 2 heterocycles. The molecule has 0 aliphatic carbocycles. The number of benzene rings is 2. The Hall–Kier alpha value is -3.33. The van der Waals surface area contributed by atoms with Gasteiger partial charge in [-0.1, -0.05) is 43.4 Å². The lowest BCUT2D eigenvalue weighted by Crippen LogP contribution is -2.48. The molecular formula is C21H22N4O4S. The van der Waals surface area contributed by atoms with Crippen LogP contribution in [-0.2, 0) is 4.79 Å². The van der Waals surface area contributed by atoms with Crippen molar-refractivity contribution in [3.63, 3.8) is 0 Å². The van der Waals surface area contributed by atoms with E-state index in [9.17, 15) is 9.59 Å². The lowest BCUT2D eigenvalue weighted by molar-refractivity contribution is -0.118. The first kappa shape index (κ1) is 20.0. The summed E-state index contributed by atoms with van der Waals surface area (Å²) in [5, 5.41) is 8.74. The first-order valence-corrected chi connectivity index (χ1v) is 10.4. The molecule has 0 spiro atoms. The van der Waals surface area contributed by atoms with Crippen molar-refractivity contribution in [3.05, 3.63) is 42.5 Å². The van der Waals surface area contributed by atoms with Crippen LogP contribution in [0.4, 0.5) is 15.6 Å². The number of nitrogens with zero attached hydrogens (tertiary/aromatic N) is 1. The van der Waals surface area contributed by atoms with Crippen molar-refractivity contribution in [2.75, 3.05) is 23.8 Å². The van der Waals surface area contributed by atoms with Crippen LogP contribution in [-0.4, -0.2) is 36.2 Å². The molecule has 3 aromatic rings. The highest BCUT2D eigenvalue weighted by Crippen LogP contribution is 2.37. The molecule has 9 heteroatoms. The molecule has 0 saturated carbocycles. The number of hydrogen-bond donors (Lipinski definition) is 3. The van der Waals surface area contributed by atoms with Crippen LogP contribution in [0.5, 0.6) is 11.5 Å². The second kappa shape index (κ2) is 8.58. The number of ether oxygens (including phenoxy) is 2. The molecule has 1 unspecified atom stereocenters. The normalized spacial score (nSPS) is 13.7. The zero-order chi connectivity index (χ0) is 21.1. The fourth-order valence-corrected chi connectivity index (χ4v) is 3.95. The number of para-hydroxylation sites is 1. The van der Waals surface area contributed by atoms with Gasteiger partial charge in [-0.2, -0.15) is 0 Å². The highest BCUT2D eigenvalue weighted by Gasteiger charge is 2.25. The van der Waals surface area contributed by atoms with Crippen LogP contribution in [0.2, 0.25) is 0 Å². The third kappa shape index (κ3) is 4.46. The van der Waals surface area contributed by atoms with E-state index in [1.807, 2.05) is 44.2 Å². The van der Waals surface area contributed by atoms with Gasteiger partial charge in [-0.15, -0.1) is 0 Å². The number of urea groups is 1. The largest absolute Gasteiger partial charge is 0.486 e. The first-order valence-electron chi connectivity index (χ1n) is 9.63. The predicted molar refractivity (Wildman–Crippen MR) is 116 cm³/mol. The number of thiazole rings is 1. The van der Waals surface area contributed by atoms with E-state index in [1.54, 1.807) is 12.1 Å². The second-order valence-corrected chi connectivity index (χ2v) is 8.19. The molecule has 0 saturated heterocycles. The van der Waals surface area contributed by atoms with Gasteiger partial charge in [-0.25, -0.2) is 9.78 Å². The molecule has 2 aromatic carbocycles. The average Bonchev–Trinajstić information content (AvgIpc) is 3.11. The Balaban J connectivity index is 1.45. The van der Waals surface area contributed by atoms with Gasteiger partial charge < -0.3 is 25.4 Å². The van der Waals surface area contributed by atoms with Crippen LogP contribution in [0, 0.1) is 5.92 Å². The van der Waals surface area contributed by atoms with Gasteiger partial charge in [0.25, 0.3) is 0 Å². The Morgan fingerprint density at radius 2 is 1.73 bits per heavy atom. The Morgan fingerprint density at radius 1 is 1.03 bits per heavy atom. The molecule has 1 atom stereocenters. The van der Waals surface area contributed by atoms with Crippen LogP contribution in [0.3, 0.4) is 0 Å². The topological polar surface area (TPSA) is 102 Å². The smallest absolute Gasteiger partial charge is 0.319 e. The molecule has 30 heavy (non-hydrogen) atoms. The van der Waals surface area contributed by atoms with Crippen LogP contribution in [0.1, 0.15) is 13.8 Å². The molecule has 3 N–H and O–H groups in total. The van der Waals surface area contributed by atoms with Crippen LogP contribution in [0.15, 0.2) is 42.5 Å². The fraction of sp³-hybridized carbons (Fsp3) is 0.286. The number of rotatable bonds is 5. The number of nitrogens with one attached hydrogen (secondary N) is 3. The maximum Gasteiger partial charge on any atom is 0.319 e. The molecule has 1 aliphatic heterocycles. The van der Waals surface area contributed by atoms with E-state index in [-0.39, 0.29) is 11.8 Å². The highest BCUT2D eigenvalue weighted by atomic mass is 32.1. The number of hydrogen-bond acceptors (Lipinski definition) is 6. The summed E-state index contributed by atoms with van der Waals surface area (Å²) < 4.78 is 12.1. The van der Waals surface area contributed by atoms with Gasteiger partial charge in [-0.05, 0) is 18.1 Å². The number of aromatic nitrogens is 1. The number of anilines is 2. The fourth-order valence-electron chi connectivity index (χ4n) is 3.07. The van der Waals surface area contributed by atoms with Crippen molar-refractivity contribution >= 4 is 44.3 Å². The highest BCUT2D eigenvalue weighted by molar-refractivity contribution is 7.22. The molecule has 1 aromatic heterocycles. The summed E-state index contributed by atoms with van der Waals surface area (Å²) in [6, 6.07) is 11.6. The molecule has 3 amide bonds. The molecule has 1 aliphatic rings. The maximum atomic E-state index is 12.8. The van der Waals surface area contributed by atoms with Gasteiger partial charge in [-0.3, -0.25) is 4.79 Å². The zero-order valence-electron chi connectivity index (χ0n) is 16.6. The summed E-state index contributed by atoms with van der Waals surface area (Å²) in [4.78, 5) is 29.6. The van der Waals surface area contributed by atoms with Gasteiger partial charge in [0.2, 0.25) is 5.91 Å². The van der Waals surface area contributed by atoms with E-state index in [0.717, 1.165) is 10.2 Å². The monoisotopic (exact) mass is 426 g/mol. The van der Waals surface area contributed by atoms with Crippen molar-refractivity contribution in [1.82, 2.24) is 10.3 Å². The van der Waals surface area contributed by atoms with Crippen LogP contribution in [0.25, 0.3) is 10.2 Å². The average molecular weight is 426 g/mol. The van der Waals surface area contributed by atoms with E-state index in [2.05, 4.69) is 20.9 Å². The zero-order valence-corrected chi connectivity index (χ0v) is 17.4. The Morgan fingerprint density at radius 3 is 2.43 bits per heavy atom. The van der Waals surface area contributed by atoms with E-state index < -0.39 is 12.1 Å². The van der Waals surface area contributed by atoms with Gasteiger partial charge in [0.05, 0.1) is 10.2 Å². The van der Waals surface area contributed by atoms with Gasteiger partial charge in [0, 0.05) is 17.8 Å². The first-order chi connectivity index (χ1) is 14.5. The Kier molecular flexibility index (Phi) is 5.71. The SMILES string of the molecule is CC(C)C(NC(=O)Nc1ccccc1)C(=O)Nc1nc2cc3c(cc2s1)OCCO3. The van der Waals surface area contributed by atoms with E-state index >= 15 is 0 Å². The molecule has 0 radical (unpaired) electrons. The number of carbonyl (C=O) groups is 2. The third-order valence-corrected chi connectivity index (χ3v) is 5.48. The van der Waals surface area contributed by atoms with Gasteiger partial charge >= 0.3 is 6.03 Å². The minimum absolute atomic E-state index is 0.116. The predicted octanol–water partition coefficient (Wildman–Crippen LogP) is 3.85. The third-order valence-electron chi connectivity index (χ3n) is 4.55. The molecule has 8 nitrogen and oxygen atoms in total. The van der Waals surface area contributed by atoms with Crippen molar-refractivity contribution in [1.29, 1.82) is 0 Å². The lowest BCUT2D eigenvalue weighted by Gasteiger charge is -2.21. The van der Waals surface area contributed by atoms with E-state index in [4.69, 9.17) is 9.47 Å². The number of carbonyl (C=O) groups excluding carboxylic acids is 2. The van der Waals surface area contributed by atoms with E-state index in [0.29, 0.717) is 35.5 Å². The van der Waals surface area contributed by atoms with Gasteiger partial charge in [0.15, 0.2) is 16.6 Å². The molecular weight excluding hydrogens is 404 g/mol. The Labute approximate surface area is 177 Å². The van der Waals surface area contributed by atoms with Crippen LogP contribution >= 0.6 is 11.3 Å². The quantitative estimate of drug-likeness (QED) is 0.575. The standard InChI is InChI=1S/C21H22N4O4S/c1-12(2)18(24-20(27)22-13-6-4-3-5-7-13)19(26)25-21-23-14-10-15-16(11-17(14)30-21)29-9-8-28-15/h3-7,10-12,18H,8-9H2,1-2H3,(H2,22,24,27)(H,23,25,26). The minimum Gasteiger partial charge on any atom is -0.486 e. The maximum absolute atomic E-state index is 12.8. The summed E-state index contributed by atoms with van der Waals surface area (Å²) in [6.45, 7) is 4.74. The summed E-state index contributed by atoms with van der Waals surface area (Å²) in [5.41, 5.74) is 1.37. The molecule has 0 fully saturated rings. The molecule has 4 rings (SSSR count). The minimum atomic E-state index is -0.722. The van der Waals surface area contributed by atoms with Crippen molar-refractivity contribution in [2.45, 2.75) is 19.9 Å². The van der Waals surface area contributed by atoms with Gasteiger partial charge in [0.1, 0.15) is 19.3 Å². The lowest BCUT2D eigenvalue weighted by atomic mass is 10.0. The van der Waals surface area contributed by atoms with E-state index in [1.165, 1.54) is 11.3 Å². The summed E-state index contributed by atoms with van der Waals surface area (Å²) in [7, 11) is 0. The van der Waals surface area contributed by atoms with Crippen molar-refractivity contribution in [3.8, 4) is 11.5 Å². The van der Waals surface area contributed by atoms with Crippen molar-refractivity contribution in [2.24, 2.45) is 5.92 Å².